The summed E-state index contributed by atoms with van der Waals surface area (Å²) in [6.45, 7) is 3.85. The molecule has 2 atom stereocenters. The molecule has 1 aromatic heterocycles. The molecule has 0 unspecified atom stereocenters. The Labute approximate surface area is 147 Å². The van der Waals surface area contributed by atoms with Gasteiger partial charge < -0.3 is 19.5 Å². The van der Waals surface area contributed by atoms with Crippen molar-refractivity contribution in [3.63, 3.8) is 0 Å². The number of rotatable bonds is 5. The molecule has 0 radical (unpaired) electrons. The van der Waals surface area contributed by atoms with Gasteiger partial charge in [-0.1, -0.05) is 12.1 Å². The summed E-state index contributed by atoms with van der Waals surface area (Å²) >= 11 is 0. The van der Waals surface area contributed by atoms with Crippen molar-refractivity contribution in [1.29, 1.82) is 0 Å². The van der Waals surface area contributed by atoms with Crippen LogP contribution in [0, 0.1) is 5.92 Å². The number of nitrogens with one attached hydrogen (secondary N) is 1. The summed E-state index contributed by atoms with van der Waals surface area (Å²) in [5.41, 5.74) is 1.53. The molecule has 2 aromatic rings. The minimum absolute atomic E-state index is 0.0932. The van der Waals surface area contributed by atoms with Gasteiger partial charge in [0, 0.05) is 30.8 Å². The summed E-state index contributed by atoms with van der Waals surface area (Å²) in [6.07, 6.45) is 2.26. The Morgan fingerprint density at radius 1 is 1.28 bits per heavy atom. The molecule has 0 spiro atoms. The number of hydrogen-bond donors (Lipinski definition) is 1. The van der Waals surface area contributed by atoms with Crippen molar-refractivity contribution < 1.29 is 14.1 Å². The van der Waals surface area contributed by atoms with Gasteiger partial charge in [-0.25, -0.2) is 0 Å². The van der Waals surface area contributed by atoms with Gasteiger partial charge in [-0.2, -0.15) is 0 Å². The molecule has 6 heteroatoms. The van der Waals surface area contributed by atoms with E-state index in [1.165, 1.54) is 0 Å². The van der Waals surface area contributed by atoms with Gasteiger partial charge in [-0.15, -0.1) is 0 Å². The fraction of sp³-hybridized carbons (Fsp3) is 0.474. The highest BCUT2D eigenvalue weighted by atomic mass is 16.5. The average Bonchev–Trinajstić information content (AvgIpc) is 3.25. The van der Waals surface area contributed by atoms with Gasteiger partial charge in [-0.3, -0.25) is 4.79 Å². The van der Waals surface area contributed by atoms with Crippen molar-refractivity contribution in [2.45, 2.75) is 31.7 Å². The van der Waals surface area contributed by atoms with Gasteiger partial charge in [0.2, 0.25) is 0 Å². The predicted octanol–water partition coefficient (Wildman–Crippen LogP) is 2.82. The molecular formula is C19H23N3O3. The Bertz CT molecular complexity index is 752. The Morgan fingerprint density at radius 2 is 2.04 bits per heavy atom. The average molecular weight is 341 g/mol. The monoisotopic (exact) mass is 341 g/mol. The molecule has 2 fully saturated rings. The number of hydrogen-bond acceptors (Lipinski definition) is 5. The van der Waals surface area contributed by atoms with E-state index in [2.05, 4.69) is 34.4 Å². The zero-order chi connectivity index (χ0) is 17.4. The van der Waals surface area contributed by atoms with Crippen LogP contribution in [0.1, 0.15) is 41.9 Å². The van der Waals surface area contributed by atoms with Crippen molar-refractivity contribution in [1.82, 2.24) is 10.5 Å². The molecule has 132 valence electrons. The first kappa shape index (κ1) is 16.0. The Morgan fingerprint density at radius 3 is 2.72 bits per heavy atom. The van der Waals surface area contributed by atoms with E-state index in [1.54, 1.807) is 13.2 Å². The highest BCUT2D eigenvalue weighted by molar-refractivity contribution is 5.92. The smallest absolute Gasteiger partial charge is 0.273 e. The quantitative estimate of drug-likeness (QED) is 0.906. The number of carbonyl (C=O) groups is 1. The second kappa shape index (κ2) is 6.43. The summed E-state index contributed by atoms with van der Waals surface area (Å²) < 4.78 is 10.5. The number of ether oxygens (including phenoxy) is 1. The summed E-state index contributed by atoms with van der Waals surface area (Å²) in [6, 6.07) is 9.90. The van der Waals surface area contributed by atoms with Crippen LogP contribution in [0.15, 0.2) is 34.9 Å². The van der Waals surface area contributed by atoms with E-state index in [0.29, 0.717) is 17.5 Å². The van der Waals surface area contributed by atoms with Crippen LogP contribution >= 0.6 is 0 Å². The minimum atomic E-state index is -0.149. The highest BCUT2D eigenvalue weighted by Gasteiger charge is 2.33. The maximum atomic E-state index is 12.5. The number of carbonyl (C=O) groups excluding carboxylic acids is 1. The van der Waals surface area contributed by atoms with Crippen LogP contribution in [0.5, 0.6) is 5.75 Å². The van der Waals surface area contributed by atoms with Crippen LogP contribution in [-0.2, 0) is 0 Å². The van der Waals surface area contributed by atoms with E-state index in [0.717, 1.165) is 43.1 Å². The van der Waals surface area contributed by atoms with Gasteiger partial charge in [0.25, 0.3) is 5.91 Å². The van der Waals surface area contributed by atoms with Crippen LogP contribution in [0.4, 0.5) is 5.69 Å². The molecule has 1 aromatic carbocycles. The number of nitrogens with zero attached hydrogens (tertiary/aromatic N) is 2. The third-order valence-corrected chi connectivity index (χ3v) is 5.11. The van der Waals surface area contributed by atoms with Crippen LogP contribution < -0.4 is 15.0 Å². The molecule has 4 rings (SSSR count). The second-order valence-corrected chi connectivity index (χ2v) is 7.05. The molecule has 1 N–H and O–H groups in total. The van der Waals surface area contributed by atoms with Gasteiger partial charge in [-0.05, 0) is 43.0 Å². The number of amides is 1. The lowest BCUT2D eigenvalue weighted by Gasteiger charge is -2.19. The molecule has 0 bridgehead atoms. The van der Waals surface area contributed by atoms with Crippen molar-refractivity contribution in [2.75, 3.05) is 25.1 Å². The molecular weight excluding hydrogens is 318 g/mol. The number of benzene rings is 1. The van der Waals surface area contributed by atoms with E-state index in [9.17, 15) is 4.79 Å². The molecule has 2 aliphatic rings. The second-order valence-electron chi connectivity index (χ2n) is 7.05. The lowest BCUT2D eigenvalue weighted by atomic mass is 10.1. The molecule has 25 heavy (non-hydrogen) atoms. The molecule has 1 aliphatic carbocycles. The number of aromatic nitrogens is 1. The fourth-order valence-corrected chi connectivity index (χ4v) is 3.36. The maximum Gasteiger partial charge on any atom is 0.273 e. The lowest BCUT2D eigenvalue weighted by molar-refractivity contribution is 0.0924. The van der Waals surface area contributed by atoms with Gasteiger partial charge in [0.1, 0.15) is 11.5 Å². The Balaban J connectivity index is 1.39. The molecule has 2 heterocycles. The first-order valence-corrected chi connectivity index (χ1v) is 8.80. The van der Waals surface area contributed by atoms with Gasteiger partial charge in [0.05, 0.1) is 13.2 Å². The van der Waals surface area contributed by atoms with Gasteiger partial charge >= 0.3 is 0 Å². The van der Waals surface area contributed by atoms with Gasteiger partial charge in [0.15, 0.2) is 5.69 Å². The van der Waals surface area contributed by atoms with Crippen LogP contribution in [0.3, 0.4) is 0 Å². The van der Waals surface area contributed by atoms with E-state index in [1.807, 2.05) is 12.1 Å². The van der Waals surface area contributed by atoms with E-state index < -0.39 is 0 Å². The number of anilines is 1. The van der Waals surface area contributed by atoms with E-state index in [4.69, 9.17) is 9.26 Å². The molecule has 1 aliphatic heterocycles. The molecule has 1 saturated carbocycles. The predicted molar refractivity (Wildman–Crippen MR) is 94.1 cm³/mol. The SMILES string of the molecule is COc1ccc(N2C[C@@H](C)[C@@H](NC(=O)c3cc(C4CC4)on3)C2)cc1. The largest absolute Gasteiger partial charge is 0.497 e. The standard InChI is InChI=1S/C19H23N3O3/c1-12-10-22(14-5-7-15(24-2)8-6-14)11-17(12)20-19(23)16-9-18(25-21-16)13-3-4-13/h5-9,12-13,17H,3-4,10-11H2,1-2H3,(H,20,23)/t12-,17+/m1/s1. The summed E-state index contributed by atoms with van der Waals surface area (Å²) in [4.78, 5) is 14.7. The molecule has 6 nitrogen and oxygen atoms in total. The highest BCUT2D eigenvalue weighted by Crippen LogP contribution is 2.40. The van der Waals surface area contributed by atoms with E-state index >= 15 is 0 Å². The third-order valence-electron chi connectivity index (χ3n) is 5.11. The zero-order valence-electron chi connectivity index (χ0n) is 14.6. The minimum Gasteiger partial charge on any atom is -0.497 e. The van der Waals surface area contributed by atoms with E-state index in [-0.39, 0.29) is 11.9 Å². The number of methoxy groups -OCH3 is 1. The van der Waals surface area contributed by atoms with Crippen molar-refractivity contribution >= 4 is 11.6 Å². The first-order chi connectivity index (χ1) is 12.1. The summed E-state index contributed by atoms with van der Waals surface area (Å²) in [5, 5.41) is 7.04. The topological polar surface area (TPSA) is 67.6 Å². The lowest BCUT2D eigenvalue weighted by Crippen LogP contribution is -2.40. The Hall–Kier alpha value is -2.50. The first-order valence-electron chi connectivity index (χ1n) is 8.80. The zero-order valence-corrected chi connectivity index (χ0v) is 14.6. The van der Waals surface area contributed by atoms with Crippen LogP contribution in [-0.4, -0.2) is 37.3 Å². The van der Waals surface area contributed by atoms with Crippen molar-refractivity contribution in [2.24, 2.45) is 5.92 Å². The third kappa shape index (κ3) is 3.34. The normalized spacial score (nSPS) is 22.9. The fourth-order valence-electron chi connectivity index (χ4n) is 3.36. The molecule has 1 amide bonds. The van der Waals surface area contributed by atoms with Crippen molar-refractivity contribution in [3.05, 3.63) is 41.8 Å². The summed E-state index contributed by atoms with van der Waals surface area (Å²) in [5.74, 6) is 2.36. The Kier molecular flexibility index (Phi) is 4.11. The maximum absolute atomic E-state index is 12.5. The van der Waals surface area contributed by atoms with Crippen molar-refractivity contribution in [3.8, 4) is 5.75 Å². The summed E-state index contributed by atoms with van der Waals surface area (Å²) in [7, 11) is 1.66. The van der Waals surface area contributed by atoms with Crippen LogP contribution in [0.2, 0.25) is 0 Å². The molecule has 1 saturated heterocycles. The van der Waals surface area contributed by atoms with Crippen LogP contribution in [0.25, 0.3) is 0 Å².